The molecule has 0 saturated carbocycles. The van der Waals surface area contributed by atoms with E-state index in [0.717, 1.165) is 32.9 Å². The summed E-state index contributed by atoms with van der Waals surface area (Å²) in [6.45, 7) is 0. The molecule has 0 spiro atoms. The first-order valence-corrected chi connectivity index (χ1v) is 10.5. The van der Waals surface area contributed by atoms with Gasteiger partial charge in [-0.05, 0) is 30.4 Å². The molecular weight excluding hydrogens is 378 g/mol. The molecular formula is C16H13N3O3S3. The van der Waals surface area contributed by atoms with Crippen LogP contribution in [0.1, 0.15) is 17.1 Å². The lowest BCUT2D eigenvalue weighted by Crippen LogP contribution is -2.25. The topological polar surface area (TPSA) is 85.1 Å². The van der Waals surface area contributed by atoms with E-state index in [1.807, 2.05) is 29.8 Å². The van der Waals surface area contributed by atoms with Crippen LogP contribution in [0.2, 0.25) is 0 Å². The van der Waals surface area contributed by atoms with Gasteiger partial charge >= 0.3 is 0 Å². The number of benzene rings is 1. The number of thiazole rings is 1. The number of aromatic nitrogens is 2. The van der Waals surface area contributed by atoms with Crippen molar-refractivity contribution in [1.82, 2.24) is 15.3 Å². The second-order valence-corrected chi connectivity index (χ2v) is 8.57. The number of nitrogens with one attached hydrogen (secondary N) is 1. The number of fused-ring (bicyclic) bond motifs is 1. The molecule has 1 atom stereocenters. The van der Waals surface area contributed by atoms with Gasteiger partial charge in [0.15, 0.2) is 5.58 Å². The molecule has 2 aromatic heterocycles. The van der Waals surface area contributed by atoms with Crippen LogP contribution in [0, 0.1) is 0 Å². The maximum Gasteiger partial charge on any atom is 0.286 e. The standard InChI is InChI=1S/C16H13N3O3S3/c1-23-16-17-9(7-24-16)6-13-18-10-4-8(2-3-11(10)22-13)5-12-14(20)19-15(21)25-12/h2-4,7,12H,5-6H2,1H3,(H,19,20,21). The molecule has 3 heterocycles. The second kappa shape index (κ2) is 6.81. The van der Waals surface area contributed by atoms with Gasteiger partial charge in [0, 0.05) is 5.38 Å². The van der Waals surface area contributed by atoms with Crippen molar-refractivity contribution in [3.8, 4) is 0 Å². The third-order valence-corrected chi connectivity index (χ3v) is 6.62. The highest BCUT2D eigenvalue weighted by molar-refractivity contribution is 8.15. The van der Waals surface area contributed by atoms with Crippen LogP contribution >= 0.6 is 34.9 Å². The summed E-state index contributed by atoms with van der Waals surface area (Å²) in [5.74, 6) is 0.386. The molecule has 1 N–H and O–H groups in total. The molecule has 1 aliphatic heterocycles. The SMILES string of the molecule is CSc1nc(Cc2nc3cc(CC4SC(=O)NC4=O)ccc3o2)cs1. The van der Waals surface area contributed by atoms with Gasteiger partial charge in [0.05, 0.1) is 17.4 Å². The largest absolute Gasteiger partial charge is 0.440 e. The molecule has 1 aromatic carbocycles. The lowest BCUT2D eigenvalue weighted by atomic mass is 10.1. The fourth-order valence-electron chi connectivity index (χ4n) is 2.58. The van der Waals surface area contributed by atoms with Crippen molar-refractivity contribution >= 4 is 57.1 Å². The summed E-state index contributed by atoms with van der Waals surface area (Å²) in [6.07, 6.45) is 3.04. The maximum absolute atomic E-state index is 11.7. The van der Waals surface area contributed by atoms with E-state index in [1.54, 1.807) is 23.1 Å². The minimum atomic E-state index is -0.378. The fraction of sp³-hybridized carbons (Fsp3) is 0.250. The first kappa shape index (κ1) is 16.6. The van der Waals surface area contributed by atoms with Gasteiger partial charge in [-0.1, -0.05) is 29.6 Å². The number of amides is 2. The zero-order valence-corrected chi connectivity index (χ0v) is 15.6. The van der Waals surface area contributed by atoms with Crippen LogP contribution < -0.4 is 5.32 Å². The smallest absolute Gasteiger partial charge is 0.286 e. The normalized spacial score (nSPS) is 17.4. The third-order valence-electron chi connectivity index (χ3n) is 3.72. The van der Waals surface area contributed by atoms with E-state index in [-0.39, 0.29) is 16.4 Å². The molecule has 4 rings (SSSR count). The van der Waals surface area contributed by atoms with Crippen molar-refractivity contribution in [2.45, 2.75) is 22.4 Å². The minimum Gasteiger partial charge on any atom is -0.440 e. The highest BCUT2D eigenvalue weighted by Crippen LogP contribution is 2.26. The molecule has 0 radical (unpaired) electrons. The summed E-state index contributed by atoms with van der Waals surface area (Å²) in [4.78, 5) is 32.0. The molecule has 0 bridgehead atoms. The molecule has 1 fully saturated rings. The highest BCUT2D eigenvalue weighted by atomic mass is 32.2. The predicted molar refractivity (Wildman–Crippen MR) is 99.3 cm³/mol. The molecule has 128 valence electrons. The average molecular weight is 391 g/mol. The van der Waals surface area contributed by atoms with Gasteiger partial charge in [0.1, 0.15) is 9.86 Å². The van der Waals surface area contributed by atoms with E-state index in [9.17, 15) is 9.59 Å². The number of carbonyl (C=O) groups excluding carboxylic acids is 2. The molecule has 25 heavy (non-hydrogen) atoms. The Kier molecular flexibility index (Phi) is 4.53. The van der Waals surface area contributed by atoms with Crippen molar-refractivity contribution in [2.24, 2.45) is 0 Å². The monoisotopic (exact) mass is 391 g/mol. The van der Waals surface area contributed by atoms with Gasteiger partial charge in [-0.15, -0.1) is 11.3 Å². The zero-order chi connectivity index (χ0) is 17.4. The maximum atomic E-state index is 11.7. The van der Waals surface area contributed by atoms with Crippen LogP contribution in [0.5, 0.6) is 0 Å². The van der Waals surface area contributed by atoms with E-state index in [2.05, 4.69) is 15.3 Å². The molecule has 1 saturated heterocycles. The quantitative estimate of drug-likeness (QED) is 0.666. The third kappa shape index (κ3) is 3.58. The van der Waals surface area contributed by atoms with E-state index < -0.39 is 0 Å². The fourth-order valence-corrected chi connectivity index (χ4v) is 4.72. The summed E-state index contributed by atoms with van der Waals surface area (Å²) in [5, 5.41) is 3.66. The molecule has 0 aliphatic carbocycles. The number of nitrogens with zero attached hydrogens (tertiary/aromatic N) is 2. The number of rotatable bonds is 5. The van der Waals surface area contributed by atoms with Gasteiger partial charge in [0.2, 0.25) is 11.8 Å². The van der Waals surface area contributed by atoms with Gasteiger partial charge in [0.25, 0.3) is 5.24 Å². The van der Waals surface area contributed by atoms with Crippen molar-refractivity contribution in [3.63, 3.8) is 0 Å². The molecule has 6 nitrogen and oxygen atoms in total. The Bertz CT molecular complexity index is 966. The molecule has 1 aliphatic rings. The lowest BCUT2D eigenvalue weighted by molar-refractivity contribution is -0.118. The van der Waals surface area contributed by atoms with Gasteiger partial charge in [-0.2, -0.15) is 0 Å². The van der Waals surface area contributed by atoms with E-state index in [4.69, 9.17) is 4.42 Å². The summed E-state index contributed by atoms with van der Waals surface area (Å²) in [7, 11) is 0. The number of oxazole rings is 1. The average Bonchev–Trinajstić information content (AvgIpc) is 3.26. The molecule has 3 aromatic rings. The van der Waals surface area contributed by atoms with E-state index in [1.165, 1.54) is 0 Å². The Morgan fingerprint density at radius 1 is 1.32 bits per heavy atom. The first-order valence-electron chi connectivity index (χ1n) is 7.49. The van der Waals surface area contributed by atoms with E-state index in [0.29, 0.717) is 24.3 Å². The lowest BCUT2D eigenvalue weighted by Gasteiger charge is -2.04. The number of carbonyl (C=O) groups is 2. The Morgan fingerprint density at radius 2 is 2.20 bits per heavy atom. The van der Waals surface area contributed by atoms with Crippen molar-refractivity contribution in [3.05, 3.63) is 40.7 Å². The summed E-state index contributed by atoms with van der Waals surface area (Å²) in [5.41, 5.74) is 3.35. The summed E-state index contributed by atoms with van der Waals surface area (Å²) < 4.78 is 6.81. The Labute approximate surface area is 155 Å². The van der Waals surface area contributed by atoms with Crippen LogP contribution in [0.3, 0.4) is 0 Å². The highest BCUT2D eigenvalue weighted by Gasteiger charge is 2.31. The van der Waals surface area contributed by atoms with Crippen LogP contribution in [-0.2, 0) is 17.6 Å². The van der Waals surface area contributed by atoms with Crippen molar-refractivity contribution in [2.75, 3.05) is 6.26 Å². The van der Waals surface area contributed by atoms with Crippen LogP contribution in [-0.4, -0.2) is 32.6 Å². The second-order valence-electron chi connectivity index (χ2n) is 5.48. The number of hydrogen-bond acceptors (Lipinski definition) is 8. The van der Waals surface area contributed by atoms with Gasteiger partial charge < -0.3 is 4.42 Å². The zero-order valence-electron chi connectivity index (χ0n) is 13.1. The van der Waals surface area contributed by atoms with Crippen LogP contribution in [0.25, 0.3) is 11.1 Å². The first-order chi connectivity index (χ1) is 12.1. The Morgan fingerprint density at radius 3 is 2.92 bits per heavy atom. The number of imide groups is 1. The number of thioether (sulfide) groups is 2. The Balaban J connectivity index is 1.52. The molecule has 1 unspecified atom stereocenters. The van der Waals surface area contributed by atoms with Crippen molar-refractivity contribution in [1.29, 1.82) is 0 Å². The minimum absolute atomic E-state index is 0.232. The summed E-state index contributed by atoms with van der Waals surface area (Å²) in [6, 6.07) is 5.67. The van der Waals surface area contributed by atoms with Crippen LogP contribution in [0.15, 0.2) is 32.3 Å². The summed E-state index contributed by atoms with van der Waals surface area (Å²) >= 11 is 4.26. The van der Waals surface area contributed by atoms with Crippen molar-refractivity contribution < 1.29 is 14.0 Å². The molecule has 2 amide bonds. The Hall–Kier alpha value is -1.84. The van der Waals surface area contributed by atoms with Gasteiger partial charge in [-0.25, -0.2) is 9.97 Å². The molecule has 9 heteroatoms. The number of hydrogen-bond donors (Lipinski definition) is 1. The van der Waals surface area contributed by atoms with E-state index >= 15 is 0 Å². The predicted octanol–water partition coefficient (Wildman–Crippen LogP) is 3.49. The van der Waals surface area contributed by atoms with Gasteiger partial charge in [-0.3, -0.25) is 14.9 Å². The van der Waals surface area contributed by atoms with Crippen LogP contribution in [0.4, 0.5) is 4.79 Å².